The highest BCUT2D eigenvalue weighted by molar-refractivity contribution is 9.13. The molecule has 0 aliphatic heterocycles. The van der Waals surface area contributed by atoms with Gasteiger partial charge < -0.3 is 9.47 Å². The number of rotatable bonds is 4. The predicted molar refractivity (Wildman–Crippen MR) is 82.7 cm³/mol. The van der Waals surface area contributed by atoms with E-state index in [4.69, 9.17) is 9.47 Å². The van der Waals surface area contributed by atoms with Gasteiger partial charge in [-0.25, -0.2) is 0 Å². The highest BCUT2D eigenvalue weighted by atomic mass is 79.9. The lowest BCUT2D eigenvalue weighted by atomic mass is 10.1. The molecule has 0 saturated heterocycles. The predicted octanol–water partition coefficient (Wildman–Crippen LogP) is 4.52. The van der Waals surface area contributed by atoms with E-state index in [1.54, 1.807) is 25.3 Å². The van der Waals surface area contributed by atoms with Crippen LogP contribution in [0.1, 0.15) is 15.2 Å². The number of ketones is 1. The van der Waals surface area contributed by atoms with E-state index in [9.17, 15) is 4.79 Å². The molecule has 0 saturated carbocycles. The molecule has 0 amide bonds. The maximum absolute atomic E-state index is 12.5. The van der Waals surface area contributed by atoms with Gasteiger partial charge in [0.15, 0.2) is 0 Å². The molecule has 0 atom stereocenters. The molecule has 0 aliphatic carbocycles. The Balaban J connectivity index is 2.47. The monoisotopic (exact) mass is 404 g/mol. The first kappa shape index (κ1) is 14.6. The fourth-order valence-corrected chi connectivity index (χ4v) is 3.69. The van der Waals surface area contributed by atoms with Crippen molar-refractivity contribution in [2.75, 3.05) is 14.2 Å². The summed E-state index contributed by atoms with van der Waals surface area (Å²) < 4.78 is 12.0. The first-order valence-corrected chi connectivity index (χ1v) is 7.74. The van der Waals surface area contributed by atoms with Crippen molar-refractivity contribution in [3.8, 4) is 11.5 Å². The smallest absolute Gasteiger partial charge is 0.207 e. The lowest BCUT2D eigenvalue weighted by molar-refractivity contribution is 0.103. The van der Waals surface area contributed by atoms with Crippen LogP contribution < -0.4 is 9.47 Å². The largest absolute Gasteiger partial charge is 0.497 e. The Bertz CT molecular complexity index is 622. The van der Waals surface area contributed by atoms with Crippen LogP contribution >= 0.6 is 43.2 Å². The maximum atomic E-state index is 12.5. The molecule has 0 spiro atoms. The molecule has 3 nitrogen and oxygen atoms in total. The quantitative estimate of drug-likeness (QED) is 0.701. The van der Waals surface area contributed by atoms with Gasteiger partial charge in [0.2, 0.25) is 5.78 Å². The van der Waals surface area contributed by atoms with Crippen LogP contribution in [0.15, 0.2) is 32.5 Å². The van der Waals surface area contributed by atoms with Crippen molar-refractivity contribution in [3.05, 3.63) is 43.0 Å². The number of methoxy groups -OCH3 is 2. The van der Waals surface area contributed by atoms with Crippen LogP contribution in [0.5, 0.6) is 11.5 Å². The highest BCUT2D eigenvalue weighted by Crippen LogP contribution is 2.36. The van der Waals surface area contributed by atoms with Crippen molar-refractivity contribution in [1.29, 1.82) is 0 Å². The van der Waals surface area contributed by atoms with Gasteiger partial charge >= 0.3 is 0 Å². The van der Waals surface area contributed by atoms with E-state index in [2.05, 4.69) is 31.9 Å². The van der Waals surface area contributed by atoms with Crippen LogP contribution in [-0.2, 0) is 0 Å². The summed E-state index contributed by atoms with van der Waals surface area (Å²) in [4.78, 5) is 13.1. The second-order valence-corrected chi connectivity index (χ2v) is 6.15. The third-order valence-corrected chi connectivity index (χ3v) is 6.07. The summed E-state index contributed by atoms with van der Waals surface area (Å²) in [6, 6.07) is 5.15. The number of thiophene rings is 1. The molecule has 1 aromatic heterocycles. The zero-order chi connectivity index (χ0) is 14.0. The van der Waals surface area contributed by atoms with E-state index in [0.717, 1.165) is 8.95 Å². The Kier molecular flexibility index (Phi) is 4.65. The van der Waals surface area contributed by atoms with E-state index in [-0.39, 0.29) is 5.78 Å². The van der Waals surface area contributed by atoms with E-state index in [0.29, 0.717) is 21.9 Å². The number of hydrogen-bond donors (Lipinski definition) is 0. The van der Waals surface area contributed by atoms with E-state index in [1.165, 1.54) is 18.4 Å². The average molecular weight is 406 g/mol. The van der Waals surface area contributed by atoms with Crippen molar-refractivity contribution in [2.24, 2.45) is 0 Å². The van der Waals surface area contributed by atoms with Gasteiger partial charge in [-0.3, -0.25) is 4.79 Å². The van der Waals surface area contributed by atoms with E-state index >= 15 is 0 Å². The lowest BCUT2D eigenvalue weighted by Crippen LogP contribution is -2.03. The van der Waals surface area contributed by atoms with Crippen molar-refractivity contribution in [1.82, 2.24) is 0 Å². The number of hydrogen-bond acceptors (Lipinski definition) is 4. The lowest BCUT2D eigenvalue weighted by Gasteiger charge is -2.09. The van der Waals surface area contributed by atoms with Gasteiger partial charge in [0.1, 0.15) is 11.5 Å². The van der Waals surface area contributed by atoms with Gasteiger partial charge in [0.25, 0.3) is 0 Å². The first-order chi connectivity index (χ1) is 9.08. The third kappa shape index (κ3) is 2.85. The highest BCUT2D eigenvalue weighted by Gasteiger charge is 2.20. The number of carbonyl (C=O) groups excluding carboxylic acids is 1. The molecule has 1 heterocycles. The fraction of sp³-hybridized carbons (Fsp3) is 0.154. The summed E-state index contributed by atoms with van der Waals surface area (Å²) in [6.07, 6.45) is 0. The first-order valence-electron chi connectivity index (χ1n) is 5.27. The van der Waals surface area contributed by atoms with Crippen LogP contribution in [0.4, 0.5) is 0 Å². The number of benzene rings is 1. The molecule has 0 aliphatic rings. The van der Waals surface area contributed by atoms with Crippen LogP contribution in [0.2, 0.25) is 0 Å². The second-order valence-electron chi connectivity index (χ2n) is 3.62. The Hall–Kier alpha value is -0.850. The minimum Gasteiger partial charge on any atom is -0.497 e. The molecule has 0 N–H and O–H groups in total. The van der Waals surface area contributed by atoms with Crippen LogP contribution in [0.3, 0.4) is 0 Å². The van der Waals surface area contributed by atoms with Gasteiger partial charge in [-0.05, 0) is 44.0 Å². The van der Waals surface area contributed by atoms with Crippen LogP contribution in [0, 0.1) is 0 Å². The maximum Gasteiger partial charge on any atom is 0.207 e. The average Bonchev–Trinajstić information content (AvgIpc) is 2.77. The van der Waals surface area contributed by atoms with E-state index in [1.807, 2.05) is 5.38 Å². The van der Waals surface area contributed by atoms with Crippen LogP contribution in [0.25, 0.3) is 0 Å². The Morgan fingerprint density at radius 1 is 1.21 bits per heavy atom. The summed E-state index contributed by atoms with van der Waals surface area (Å²) in [5.41, 5.74) is 0.512. The molecular formula is C13H10Br2O3S. The molecule has 100 valence electrons. The number of carbonyl (C=O) groups is 1. The molecule has 2 rings (SSSR count). The van der Waals surface area contributed by atoms with Gasteiger partial charge in [-0.15, -0.1) is 11.3 Å². The zero-order valence-electron chi connectivity index (χ0n) is 10.2. The minimum absolute atomic E-state index is 0.0814. The Morgan fingerprint density at radius 3 is 2.47 bits per heavy atom. The van der Waals surface area contributed by atoms with Gasteiger partial charge in [0.05, 0.1) is 29.1 Å². The van der Waals surface area contributed by atoms with Gasteiger partial charge in [0, 0.05) is 15.9 Å². The van der Waals surface area contributed by atoms with Gasteiger partial charge in [-0.2, -0.15) is 0 Å². The summed E-state index contributed by atoms with van der Waals surface area (Å²) in [5, 5.41) is 1.87. The zero-order valence-corrected chi connectivity index (χ0v) is 14.2. The topological polar surface area (TPSA) is 35.5 Å². The van der Waals surface area contributed by atoms with Crippen molar-refractivity contribution in [2.45, 2.75) is 0 Å². The van der Waals surface area contributed by atoms with Crippen LogP contribution in [-0.4, -0.2) is 20.0 Å². The van der Waals surface area contributed by atoms with Crippen molar-refractivity contribution in [3.63, 3.8) is 0 Å². The third-order valence-electron chi connectivity index (χ3n) is 2.55. The molecule has 0 unspecified atom stereocenters. The molecule has 6 heteroatoms. The molecular weight excluding hydrogens is 396 g/mol. The minimum atomic E-state index is -0.0814. The molecule has 2 aromatic rings. The summed E-state index contributed by atoms with van der Waals surface area (Å²) in [6.45, 7) is 0. The molecule has 19 heavy (non-hydrogen) atoms. The summed E-state index contributed by atoms with van der Waals surface area (Å²) in [7, 11) is 3.11. The second kappa shape index (κ2) is 6.07. The molecule has 0 bridgehead atoms. The molecule has 0 fully saturated rings. The van der Waals surface area contributed by atoms with Crippen molar-refractivity contribution < 1.29 is 14.3 Å². The van der Waals surface area contributed by atoms with Crippen molar-refractivity contribution >= 4 is 49.0 Å². The Labute approximate surface area is 131 Å². The number of halogens is 2. The fourth-order valence-electron chi connectivity index (χ4n) is 1.58. The Morgan fingerprint density at radius 2 is 1.95 bits per heavy atom. The SMILES string of the molecule is COc1ccc(C(=O)c2scc(Br)c2Br)c(OC)c1. The summed E-state index contributed by atoms with van der Waals surface area (Å²) >= 11 is 8.15. The molecule has 0 radical (unpaired) electrons. The number of ether oxygens (including phenoxy) is 2. The summed E-state index contributed by atoms with van der Waals surface area (Å²) in [5.74, 6) is 1.07. The van der Waals surface area contributed by atoms with E-state index < -0.39 is 0 Å². The standard InChI is InChI=1S/C13H10Br2O3S/c1-17-7-3-4-8(10(5-7)18-2)12(16)13-11(15)9(14)6-19-13/h3-6H,1-2H3. The molecule has 1 aromatic carbocycles. The normalized spacial score (nSPS) is 10.3. The van der Waals surface area contributed by atoms with Gasteiger partial charge in [-0.1, -0.05) is 0 Å².